The lowest BCUT2D eigenvalue weighted by molar-refractivity contribution is -0.143. The molecule has 2 atom stereocenters. The molecule has 112 valence electrons. The van der Waals surface area contributed by atoms with Crippen molar-refractivity contribution in [1.29, 1.82) is 0 Å². The summed E-state index contributed by atoms with van der Waals surface area (Å²) in [7, 11) is 0. The zero-order valence-electron chi connectivity index (χ0n) is 12.0. The van der Waals surface area contributed by atoms with Crippen molar-refractivity contribution < 1.29 is 9.90 Å². The highest BCUT2D eigenvalue weighted by Crippen LogP contribution is 2.24. The van der Waals surface area contributed by atoms with Crippen LogP contribution in [0.25, 0.3) is 0 Å². The zero-order valence-corrected chi connectivity index (χ0v) is 12.0. The van der Waals surface area contributed by atoms with E-state index in [4.69, 9.17) is 5.11 Å². The number of nitrogens with zero attached hydrogens (tertiary/aromatic N) is 4. The Bertz CT molecular complexity index is 434. The summed E-state index contributed by atoms with van der Waals surface area (Å²) in [5, 5.41) is 24.2. The predicted molar refractivity (Wildman–Crippen MR) is 72.9 cm³/mol. The number of nitrogens with one attached hydrogen (secondary N) is 1. The summed E-state index contributed by atoms with van der Waals surface area (Å²) in [5.74, 6) is -0.0579. The van der Waals surface area contributed by atoms with E-state index < -0.39 is 5.97 Å². The van der Waals surface area contributed by atoms with Crippen molar-refractivity contribution >= 4 is 5.97 Å². The number of aromatic nitrogens is 4. The van der Waals surface area contributed by atoms with Gasteiger partial charge in [0.05, 0.1) is 12.5 Å². The number of unbranched alkanes of at least 4 members (excludes halogenated alkanes) is 1. The molecule has 0 aliphatic heterocycles. The van der Waals surface area contributed by atoms with Gasteiger partial charge in [0.15, 0.2) is 5.82 Å². The lowest BCUT2D eigenvalue weighted by Crippen LogP contribution is -2.36. The maximum Gasteiger partial charge on any atom is 0.306 e. The number of tetrazole rings is 1. The first-order valence-corrected chi connectivity index (χ1v) is 7.42. The van der Waals surface area contributed by atoms with Crippen LogP contribution in [0.5, 0.6) is 0 Å². The van der Waals surface area contributed by atoms with E-state index in [1.54, 1.807) is 0 Å². The van der Waals surface area contributed by atoms with Crippen LogP contribution in [0.2, 0.25) is 0 Å². The number of hydrogen-bond acceptors (Lipinski definition) is 5. The molecule has 1 heterocycles. The zero-order chi connectivity index (χ0) is 14.4. The maximum absolute atomic E-state index is 11.0. The van der Waals surface area contributed by atoms with E-state index in [1.165, 1.54) is 0 Å². The molecular weight excluding hydrogens is 258 g/mol. The number of hydrogen-bond donors (Lipinski definition) is 2. The molecule has 7 heteroatoms. The molecule has 2 N–H and O–H groups in total. The van der Waals surface area contributed by atoms with Gasteiger partial charge < -0.3 is 10.4 Å². The number of carboxylic acids is 1. The molecule has 0 saturated heterocycles. The molecule has 0 aromatic carbocycles. The Morgan fingerprint density at radius 2 is 2.35 bits per heavy atom. The molecule has 2 rings (SSSR count). The van der Waals surface area contributed by atoms with Crippen LogP contribution in [0.1, 0.15) is 51.3 Å². The number of rotatable bonds is 7. The molecule has 0 spiro atoms. The molecule has 7 nitrogen and oxygen atoms in total. The quantitative estimate of drug-likeness (QED) is 0.780. The third kappa shape index (κ3) is 4.00. The number of aliphatic carboxylic acids is 1. The van der Waals surface area contributed by atoms with Crippen LogP contribution in [0.3, 0.4) is 0 Å². The first-order valence-electron chi connectivity index (χ1n) is 7.42. The fraction of sp³-hybridized carbons (Fsp3) is 0.846. The van der Waals surface area contributed by atoms with Gasteiger partial charge in [-0.2, -0.15) is 0 Å². The first kappa shape index (κ1) is 14.9. The highest BCUT2D eigenvalue weighted by Gasteiger charge is 2.26. The van der Waals surface area contributed by atoms with Gasteiger partial charge in [0, 0.05) is 12.6 Å². The Balaban J connectivity index is 1.82. The van der Waals surface area contributed by atoms with Crippen LogP contribution in [-0.4, -0.2) is 37.3 Å². The van der Waals surface area contributed by atoms with E-state index in [0.717, 1.165) is 44.5 Å². The van der Waals surface area contributed by atoms with Crippen LogP contribution >= 0.6 is 0 Å². The summed E-state index contributed by atoms with van der Waals surface area (Å²) in [5.41, 5.74) is 0. The molecule has 0 bridgehead atoms. The molecule has 0 radical (unpaired) electrons. The third-order valence-corrected chi connectivity index (χ3v) is 3.90. The Morgan fingerprint density at radius 3 is 3.10 bits per heavy atom. The minimum Gasteiger partial charge on any atom is -0.481 e. The van der Waals surface area contributed by atoms with Gasteiger partial charge in [-0.15, -0.1) is 5.10 Å². The Labute approximate surface area is 118 Å². The summed E-state index contributed by atoms with van der Waals surface area (Å²) >= 11 is 0. The van der Waals surface area contributed by atoms with Gasteiger partial charge in [-0.3, -0.25) is 4.79 Å². The van der Waals surface area contributed by atoms with Crippen molar-refractivity contribution in [3.63, 3.8) is 0 Å². The van der Waals surface area contributed by atoms with Gasteiger partial charge in [0.25, 0.3) is 0 Å². The van der Waals surface area contributed by atoms with Crippen molar-refractivity contribution in [1.82, 2.24) is 25.5 Å². The average molecular weight is 281 g/mol. The smallest absolute Gasteiger partial charge is 0.306 e. The van der Waals surface area contributed by atoms with Crippen molar-refractivity contribution in [3.8, 4) is 0 Å². The molecule has 20 heavy (non-hydrogen) atoms. The van der Waals surface area contributed by atoms with Crippen LogP contribution in [-0.2, 0) is 17.9 Å². The standard InChI is InChI=1S/C13H23N5O2/c1-2-3-7-18-12(15-16-17-18)9-14-11-6-4-5-10(8-11)13(19)20/h10-11,14H,2-9H2,1H3,(H,19,20). The SMILES string of the molecule is CCCCn1nnnc1CNC1CCCC(C(=O)O)C1. The predicted octanol–water partition coefficient (Wildman–Crippen LogP) is 1.21. The van der Waals surface area contributed by atoms with Gasteiger partial charge in [-0.1, -0.05) is 19.8 Å². The molecule has 0 amide bonds. The van der Waals surface area contributed by atoms with Crippen LogP contribution in [0.4, 0.5) is 0 Å². The highest BCUT2D eigenvalue weighted by molar-refractivity contribution is 5.70. The van der Waals surface area contributed by atoms with Gasteiger partial charge in [0.2, 0.25) is 0 Å². The van der Waals surface area contributed by atoms with Crippen LogP contribution in [0.15, 0.2) is 0 Å². The maximum atomic E-state index is 11.0. The van der Waals surface area contributed by atoms with Crippen LogP contribution in [0, 0.1) is 5.92 Å². The fourth-order valence-corrected chi connectivity index (χ4v) is 2.67. The van der Waals surface area contributed by atoms with E-state index in [1.807, 2.05) is 4.68 Å². The normalized spacial score (nSPS) is 22.9. The summed E-state index contributed by atoms with van der Waals surface area (Å²) in [6.45, 7) is 3.58. The second-order valence-electron chi connectivity index (χ2n) is 5.45. The van der Waals surface area contributed by atoms with Gasteiger partial charge in [-0.05, 0) is 36.1 Å². The molecule has 1 aliphatic rings. The fourth-order valence-electron chi connectivity index (χ4n) is 2.67. The third-order valence-electron chi connectivity index (χ3n) is 3.90. The van der Waals surface area contributed by atoms with E-state index in [-0.39, 0.29) is 12.0 Å². The average Bonchev–Trinajstić information content (AvgIpc) is 2.90. The van der Waals surface area contributed by atoms with E-state index in [9.17, 15) is 4.79 Å². The highest BCUT2D eigenvalue weighted by atomic mass is 16.4. The summed E-state index contributed by atoms with van der Waals surface area (Å²) in [4.78, 5) is 11.0. The van der Waals surface area contributed by atoms with Crippen molar-refractivity contribution in [2.45, 2.75) is 64.6 Å². The second kappa shape index (κ2) is 7.33. The van der Waals surface area contributed by atoms with Crippen molar-refractivity contribution in [2.75, 3.05) is 0 Å². The molecule has 1 aromatic rings. The number of aryl methyl sites for hydroxylation is 1. The largest absolute Gasteiger partial charge is 0.481 e. The van der Waals surface area contributed by atoms with E-state index >= 15 is 0 Å². The van der Waals surface area contributed by atoms with Crippen molar-refractivity contribution in [3.05, 3.63) is 5.82 Å². The molecule has 1 saturated carbocycles. The lowest BCUT2D eigenvalue weighted by atomic mass is 9.86. The molecule has 1 aliphatic carbocycles. The van der Waals surface area contributed by atoms with Crippen LogP contribution < -0.4 is 5.32 Å². The minimum atomic E-state index is -0.677. The second-order valence-corrected chi connectivity index (χ2v) is 5.45. The van der Waals surface area contributed by atoms with E-state index in [0.29, 0.717) is 13.0 Å². The lowest BCUT2D eigenvalue weighted by Gasteiger charge is -2.27. The van der Waals surface area contributed by atoms with Gasteiger partial charge in [-0.25, -0.2) is 4.68 Å². The monoisotopic (exact) mass is 281 g/mol. The summed E-state index contributed by atoms with van der Waals surface area (Å²) in [6, 6.07) is 0.251. The Kier molecular flexibility index (Phi) is 5.46. The van der Waals surface area contributed by atoms with E-state index in [2.05, 4.69) is 27.8 Å². The molecule has 1 aromatic heterocycles. The minimum absolute atomic E-state index is 0.211. The Hall–Kier alpha value is -1.50. The Morgan fingerprint density at radius 1 is 1.50 bits per heavy atom. The van der Waals surface area contributed by atoms with Crippen molar-refractivity contribution in [2.24, 2.45) is 5.92 Å². The molecular formula is C13H23N5O2. The first-order chi connectivity index (χ1) is 9.70. The number of carbonyl (C=O) groups is 1. The van der Waals surface area contributed by atoms with Gasteiger partial charge in [0.1, 0.15) is 0 Å². The summed E-state index contributed by atoms with van der Waals surface area (Å²) in [6.07, 6.45) is 5.65. The summed E-state index contributed by atoms with van der Waals surface area (Å²) < 4.78 is 1.83. The number of carboxylic acid groups (broad SMARTS) is 1. The van der Waals surface area contributed by atoms with Gasteiger partial charge >= 0.3 is 5.97 Å². The topological polar surface area (TPSA) is 92.9 Å². The molecule has 1 fully saturated rings. The molecule has 2 unspecified atom stereocenters.